The van der Waals surface area contributed by atoms with Crippen LogP contribution in [0.2, 0.25) is 0 Å². The van der Waals surface area contributed by atoms with Gasteiger partial charge in [0.05, 0.1) is 11.9 Å². The summed E-state index contributed by atoms with van der Waals surface area (Å²) in [5.74, 6) is -1.02. The van der Waals surface area contributed by atoms with Crippen LogP contribution in [0.4, 0.5) is 15.2 Å². The largest absolute Gasteiger partial charge is 0.299 e. The van der Waals surface area contributed by atoms with Crippen molar-refractivity contribution in [3.63, 3.8) is 0 Å². The molecule has 25 heavy (non-hydrogen) atoms. The number of thioether (sulfide) groups is 1. The molecular weight excluding hydrogens is 387 g/mol. The second-order valence-corrected chi connectivity index (χ2v) is 8.92. The molecule has 11 heteroatoms. The van der Waals surface area contributed by atoms with E-state index in [4.69, 9.17) is 0 Å². The normalized spacial score (nSPS) is 12.6. The molecule has 1 unspecified atom stereocenters. The number of hydrogen-bond acceptors (Lipinski definition) is 7. The van der Waals surface area contributed by atoms with Crippen molar-refractivity contribution in [2.45, 2.75) is 23.7 Å². The van der Waals surface area contributed by atoms with Crippen molar-refractivity contribution >= 4 is 49.8 Å². The highest BCUT2D eigenvalue weighted by atomic mass is 32.2. The van der Waals surface area contributed by atoms with Crippen molar-refractivity contribution in [3.8, 4) is 0 Å². The minimum absolute atomic E-state index is 0.216. The summed E-state index contributed by atoms with van der Waals surface area (Å²) in [6.07, 6.45) is 3.06. The average molecular weight is 405 g/mol. The van der Waals surface area contributed by atoms with Gasteiger partial charge in [-0.1, -0.05) is 30.0 Å². The Labute approximate surface area is 153 Å². The molecule has 0 aliphatic rings. The molecule has 1 atom stereocenters. The zero-order valence-electron chi connectivity index (χ0n) is 13.8. The molecule has 0 saturated carbocycles. The molecule has 1 aromatic carbocycles. The maximum atomic E-state index is 13.1. The molecule has 7 nitrogen and oxygen atoms in total. The average Bonchev–Trinajstić information content (AvgIpc) is 3.00. The predicted molar refractivity (Wildman–Crippen MR) is 98.1 cm³/mol. The summed E-state index contributed by atoms with van der Waals surface area (Å²) >= 11 is 2.59. The molecule has 1 N–H and O–H groups in total. The molecule has 2 rings (SSSR count). The Hall–Kier alpha value is -1.72. The summed E-state index contributed by atoms with van der Waals surface area (Å²) in [6.45, 7) is 1.69. The van der Waals surface area contributed by atoms with Crippen molar-refractivity contribution < 1.29 is 17.6 Å². The van der Waals surface area contributed by atoms with Crippen LogP contribution in [0.5, 0.6) is 0 Å². The van der Waals surface area contributed by atoms with Crippen molar-refractivity contribution in [1.29, 1.82) is 0 Å². The van der Waals surface area contributed by atoms with Gasteiger partial charge in [0.15, 0.2) is 4.34 Å². The minimum atomic E-state index is -3.77. The number of rotatable bonds is 7. The lowest BCUT2D eigenvalue weighted by atomic mass is 10.2. The number of nitrogens with one attached hydrogen (secondary N) is 1. The Morgan fingerprint density at radius 3 is 2.48 bits per heavy atom. The van der Waals surface area contributed by atoms with E-state index in [1.807, 2.05) is 6.26 Å². The Kier molecular flexibility index (Phi) is 6.36. The molecule has 1 amide bonds. The van der Waals surface area contributed by atoms with E-state index in [0.717, 1.165) is 22.7 Å². The van der Waals surface area contributed by atoms with Crippen LogP contribution in [0.25, 0.3) is 0 Å². The minimum Gasteiger partial charge on any atom is -0.299 e. The lowest BCUT2D eigenvalue weighted by molar-refractivity contribution is -0.117. The molecule has 0 spiro atoms. The number of amides is 1. The summed E-state index contributed by atoms with van der Waals surface area (Å²) in [4.78, 5) is 12.6. The predicted octanol–water partition coefficient (Wildman–Crippen LogP) is 2.58. The van der Waals surface area contributed by atoms with E-state index in [2.05, 4.69) is 15.5 Å². The number of anilines is 2. The number of carbonyl (C=O) groups is 1. The van der Waals surface area contributed by atoms with Crippen molar-refractivity contribution in [2.75, 3.05) is 22.1 Å². The Morgan fingerprint density at radius 1 is 1.36 bits per heavy atom. The summed E-state index contributed by atoms with van der Waals surface area (Å²) in [7, 11) is -3.77. The van der Waals surface area contributed by atoms with Gasteiger partial charge in [-0.2, -0.15) is 0 Å². The van der Waals surface area contributed by atoms with Gasteiger partial charge in [-0.15, -0.1) is 10.2 Å². The molecule has 1 heterocycles. The number of aromatic nitrogens is 2. The van der Waals surface area contributed by atoms with Crippen molar-refractivity contribution in [3.05, 3.63) is 30.1 Å². The summed E-state index contributed by atoms with van der Waals surface area (Å²) < 4.78 is 39.3. The standard InChI is InChI=1S/C14H17FN4O3S3/c1-4-11(12(20)16-13-17-18-14(23-2)24-13)19(25(3,21)22)10-7-5-9(15)6-8-10/h5-8,11H,4H2,1-3H3,(H,16,17,20). The highest BCUT2D eigenvalue weighted by molar-refractivity contribution is 8.00. The number of carbonyl (C=O) groups excluding carboxylic acids is 1. The van der Waals surface area contributed by atoms with Crippen LogP contribution in [0.3, 0.4) is 0 Å². The fourth-order valence-electron chi connectivity index (χ4n) is 2.18. The number of sulfonamides is 1. The van der Waals surface area contributed by atoms with Crippen molar-refractivity contribution in [2.24, 2.45) is 0 Å². The number of halogens is 1. The van der Waals surface area contributed by atoms with Crippen LogP contribution >= 0.6 is 23.1 Å². The highest BCUT2D eigenvalue weighted by Gasteiger charge is 2.32. The van der Waals surface area contributed by atoms with Crippen LogP contribution in [0.15, 0.2) is 28.6 Å². The van der Waals surface area contributed by atoms with Crippen LogP contribution in [0.1, 0.15) is 13.3 Å². The van der Waals surface area contributed by atoms with Gasteiger partial charge in [0.25, 0.3) is 0 Å². The molecule has 0 aliphatic carbocycles. The van der Waals surface area contributed by atoms with Gasteiger partial charge in [-0.3, -0.25) is 14.4 Å². The third-order valence-corrected chi connectivity index (χ3v) is 6.22. The van der Waals surface area contributed by atoms with Gasteiger partial charge in [-0.25, -0.2) is 12.8 Å². The SMILES string of the molecule is CCC(C(=O)Nc1nnc(SC)s1)N(c1ccc(F)cc1)S(C)(=O)=O. The second-order valence-electron chi connectivity index (χ2n) is 5.03. The lowest BCUT2D eigenvalue weighted by Gasteiger charge is -2.29. The Balaban J connectivity index is 2.32. The third-order valence-electron chi connectivity index (χ3n) is 3.22. The molecule has 1 aromatic heterocycles. The van der Waals surface area contributed by atoms with Crippen LogP contribution in [-0.4, -0.2) is 43.1 Å². The molecular formula is C14H17FN4O3S3. The van der Waals surface area contributed by atoms with E-state index in [-0.39, 0.29) is 12.1 Å². The molecule has 0 fully saturated rings. The van der Waals surface area contributed by atoms with Gasteiger partial charge in [0.2, 0.25) is 21.1 Å². The summed E-state index contributed by atoms with van der Waals surface area (Å²) in [5.41, 5.74) is 0.216. The first kappa shape index (κ1) is 19.6. The Bertz CT molecular complexity index is 839. The molecule has 0 bridgehead atoms. The first-order valence-electron chi connectivity index (χ1n) is 7.19. The first-order chi connectivity index (χ1) is 11.8. The van der Waals surface area contributed by atoms with E-state index in [0.29, 0.717) is 9.47 Å². The third kappa shape index (κ3) is 4.89. The van der Waals surface area contributed by atoms with Gasteiger partial charge >= 0.3 is 0 Å². The van der Waals surface area contributed by atoms with Gasteiger partial charge in [0, 0.05) is 0 Å². The molecule has 136 valence electrons. The van der Waals surface area contributed by atoms with E-state index in [1.54, 1.807) is 6.92 Å². The first-order valence-corrected chi connectivity index (χ1v) is 11.1. The topological polar surface area (TPSA) is 92.3 Å². The van der Waals surface area contributed by atoms with Gasteiger partial charge in [0.1, 0.15) is 11.9 Å². The summed E-state index contributed by atoms with van der Waals surface area (Å²) in [5, 5.41) is 10.6. The monoisotopic (exact) mass is 404 g/mol. The Morgan fingerprint density at radius 2 is 2.00 bits per heavy atom. The fourth-order valence-corrected chi connectivity index (χ4v) is 4.56. The van der Waals surface area contributed by atoms with E-state index in [1.165, 1.54) is 35.2 Å². The maximum Gasteiger partial charge on any atom is 0.250 e. The van der Waals surface area contributed by atoms with E-state index in [9.17, 15) is 17.6 Å². The zero-order valence-corrected chi connectivity index (χ0v) is 16.2. The molecule has 0 aliphatic heterocycles. The fraction of sp³-hybridized carbons (Fsp3) is 0.357. The lowest BCUT2D eigenvalue weighted by Crippen LogP contribution is -2.47. The molecule has 0 radical (unpaired) electrons. The second kappa shape index (κ2) is 8.11. The van der Waals surface area contributed by atoms with Gasteiger partial charge in [-0.05, 0) is 36.9 Å². The quantitative estimate of drug-likeness (QED) is 0.563. The highest BCUT2D eigenvalue weighted by Crippen LogP contribution is 2.26. The van der Waals surface area contributed by atoms with Crippen LogP contribution in [-0.2, 0) is 14.8 Å². The van der Waals surface area contributed by atoms with Gasteiger partial charge < -0.3 is 0 Å². The van der Waals surface area contributed by atoms with Crippen molar-refractivity contribution in [1.82, 2.24) is 10.2 Å². The number of nitrogens with zero attached hydrogens (tertiary/aromatic N) is 3. The number of hydrogen-bond donors (Lipinski definition) is 1. The van der Waals surface area contributed by atoms with Crippen LogP contribution < -0.4 is 9.62 Å². The molecule has 2 aromatic rings. The maximum absolute atomic E-state index is 13.1. The zero-order chi connectivity index (χ0) is 18.6. The van der Waals surface area contributed by atoms with Crippen LogP contribution in [0, 0.1) is 5.82 Å². The van der Waals surface area contributed by atoms with E-state index >= 15 is 0 Å². The van der Waals surface area contributed by atoms with E-state index < -0.39 is 27.8 Å². The smallest absolute Gasteiger partial charge is 0.250 e. The number of benzene rings is 1. The molecule has 0 saturated heterocycles. The summed E-state index contributed by atoms with van der Waals surface area (Å²) in [6, 6.07) is 3.94.